The maximum absolute atomic E-state index is 12.5. The zero-order valence-electron chi connectivity index (χ0n) is 14.2. The van der Waals surface area contributed by atoms with Gasteiger partial charge in [-0.25, -0.2) is 0 Å². The van der Waals surface area contributed by atoms with E-state index in [9.17, 15) is 14.4 Å². The van der Waals surface area contributed by atoms with Crippen molar-refractivity contribution >= 4 is 34.8 Å². The molecule has 0 fully saturated rings. The molecular formula is C18H19N3O4. The van der Waals surface area contributed by atoms with Crippen molar-refractivity contribution in [1.82, 2.24) is 0 Å². The van der Waals surface area contributed by atoms with Crippen molar-refractivity contribution in [2.24, 2.45) is 0 Å². The summed E-state index contributed by atoms with van der Waals surface area (Å²) in [6.45, 7) is 2.73. The molecule has 7 nitrogen and oxygen atoms in total. The number of hydrogen-bond acceptors (Lipinski definition) is 4. The lowest BCUT2D eigenvalue weighted by Gasteiger charge is -2.11. The lowest BCUT2D eigenvalue weighted by Crippen LogP contribution is -2.15. The van der Waals surface area contributed by atoms with Crippen LogP contribution in [-0.2, 0) is 9.59 Å². The van der Waals surface area contributed by atoms with Crippen LogP contribution in [0.3, 0.4) is 0 Å². The topological polar surface area (TPSA) is 96.5 Å². The van der Waals surface area contributed by atoms with Gasteiger partial charge in [0, 0.05) is 36.5 Å². The number of carbonyl (C=O) groups excluding carboxylic acids is 3. The van der Waals surface area contributed by atoms with E-state index in [4.69, 9.17) is 4.74 Å². The van der Waals surface area contributed by atoms with Crippen LogP contribution in [0, 0.1) is 0 Å². The van der Waals surface area contributed by atoms with Crippen molar-refractivity contribution in [3.8, 4) is 5.75 Å². The fourth-order valence-corrected chi connectivity index (χ4v) is 2.19. The van der Waals surface area contributed by atoms with E-state index in [0.717, 1.165) is 0 Å². The summed E-state index contributed by atoms with van der Waals surface area (Å²) in [5.41, 5.74) is 1.72. The van der Waals surface area contributed by atoms with E-state index in [1.54, 1.807) is 37.4 Å². The molecule has 130 valence electrons. The predicted molar refractivity (Wildman–Crippen MR) is 96.0 cm³/mol. The first-order chi connectivity index (χ1) is 11.9. The van der Waals surface area contributed by atoms with E-state index in [1.807, 2.05) is 0 Å². The van der Waals surface area contributed by atoms with Gasteiger partial charge in [-0.1, -0.05) is 0 Å². The third-order valence-corrected chi connectivity index (χ3v) is 3.18. The molecule has 2 aromatic carbocycles. The van der Waals surface area contributed by atoms with E-state index in [-0.39, 0.29) is 17.7 Å². The normalized spacial score (nSPS) is 9.88. The largest absolute Gasteiger partial charge is 0.497 e. The third-order valence-electron chi connectivity index (χ3n) is 3.18. The number of anilines is 3. The highest BCUT2D eigenvalue weighted by Gasteiger charge is 2.11. The van der Waals surface area contributed by atoms with Gasteiger partial charge in [0.25, 0.3) is 5.91 Å². The first kappa shape index (κ1) is 18.0. The minimum absolute atomic E-state index is 0.276. The minimum atomic E-state index is -0.371. The Kier molecular flexibility index (Phi) is 5.73. The van der Waals surface area contributed by atoms with Crippen molar-refractivity contribution < 1.29 is 19.1 Å². The van der Waals surface area contributed by atoms with Crippen LogP contribution in [0.5, 0.6) is 5.75 Å². The fourth-order valence-electron chi connectivity index (χ4n) is 2.19. The number of ether oxygens (including phenoxy) is 1. The number of methoxy groups -OCH3 is 1. The summed E-state index contributed by atoms with van der Waals surface area (Å²) < 4.78 is 5.07. The Morgan fingerprint density at radius 3 is 1.72 bits per heavy atom. The van der Waals surface area contributed by atoms with Crippen LogP contribution in [0.15, 0.2) is 42.5 Å². The van der Waals surface area contributed by atoms with Gasteiger partial charge < -0.3 is 20.7 Å². The zero-order valence-corrected chi connectivity index (χ0v) is 14.2. The molecule has 25 heavy (non-hydrogen) atoms. The lowest BCUT2D eigenvalue weighted by molar-refractivity contribution is -0.115. The second kappa shape index (κ2) is 7.96. The zero-order chi connectivity index (χ0) is 18.4. The Morgan fingerprint density at radius 2 is 1.28 bits per heavy atom. The van der Waals surface area contributed by atoms with Crippen molar-refractivity contribution in [3.63, 3.8) is 0 Å². The summed E-state index contributed by atoms with van der Waals surface area (Å²) in [5.74, 6) is -0.245. The number of carbonyl (C=O) groups is 3. The van der Waals surface area contributed by atoms with Crippen LogP contribution >= 0.6 is 0 Å². The maximum atomic E-state index is 12.5. The summed E-state index contributed by atoms with van der Waals surface area (Å²) in [7, 11) is 1.56. The summed E-state index contributed by atoms with van der Waals surface area (Å²) in [4.78, 5) is 35.0. The second-order valence-electron chi connectivity index (χ2n) is 5.34. The highest BCUT2D eigenvalue weighted by atomic mass is 16.5. The molecule has 0 spiro atoms. The molecule has 0 aliphatic carbocycles. The molecule has 0 saturated carbocycles. The van der Waals surface area contributed by atoms with Gasteiger partial charge >= 0.3 is 0 Å². The van der Waals surface area contributed by atoms with Gasteiger partial charge in [-0.15, -0.1) is 0 Å². The molecule has 0 bridgehead atoms. The Hall–Kier alpha value is -3.35. The number of hydrogen-bond donors (Lipinski definition) is 3. The van der Waals surface area contributed by atoms with E-state index < -0.39 is 0 Å². The predicted octanol–water partition coefficient (Wildman–Crippen LogP) is 2.86. The van der Waals surface area contributed by atoms with Gasteiger partial charge in [-0.3, -0.25) is 14.4 Å². The molecule has 0 atom stereocenters. The van der Waals surface area contributed by atoms with Crippen LogP contribution in [0.2, 0.25) is 0 Å². The molecule has 2 aromatic rings. The van der Waals surface area contributed by atoms with Gasteiger partial charge in [0.2, 0.25) is 11.8 Å². The molecule has 0 radical (unpaired) electrons. The summed E-state index contributed by atoms with van der Waals surface area (Å²) in [6.07, 6.45) is 0. The number of benzene rings is 2. The SMILES string of the molecule is COc1ccc(NC(=O)c2cc(NC(C)=O)cc(NC(C)=O)c2)cc1. The van der Waals surface area contributed by atoms with Gasteiger partial charge in [-0.05, 0) is 42.5 Å². The Balaban J connectivity index is 2.26. The van der Waals surface area contributed by atoms with Gasteiger partial charge in [0.05, 0.1) is 7.11 Å². The van der Waals surface area contributed by atoms with Crippen LogP contribution in [0.4, 0.5) is 17.1 Å². The summed E-state index contributed by atoms with van der Waals surface area (Å²) in [6, 6.07) is 11.5. The Morgan fingerprint density at radius 1 is 0.760 bits per heavy atom. The number of rotatable bonds is 5. The van der Waals surface area contributed by atoms with Gasteiger partial charge in [0.1, 0.15) is 5.75 Å². The molecule has 3 N–H and O–H groups in total. The lowest BCUT2D eigenvalue weighted by atomic mass is 10.1. The quantitative estimate of drug-likeness (QED) is 0.779. The smallest absolute Gasteiger partial charge is 0.255 e. The third kappa shape index (κ3) is 5.35. The average molecular weight is 341 g/mol. The molecule has 0 aliphatic rings. The number of amides is 3. The van der Waals surface area contributed by atoms with Crippen LogP contribution in [0.1, 0.15) is 24.2 Å². The van der Waals surface area contributed by atoms with E-state index in [0.29, 0.717) is 28.4 Å². The van der Waals surface area contributed by atoms with Crippen molar-refractivity contribution in [1.29, 1.82) is 0 Å². The Bertz CT molecular complexity index is 766. The summed E-state index contributed by atoms with van der Waals surface area (Å²) >= 11 is 0. The number of nitrogens with one attached hydrogen (secondary N) is 3. The van der Waals surface area contributed by atoms with Crippen LogP contribution in [0.25, 0.3) is 0 Å². The molecule has 7 heteroatoms. The van der Waals surface area contributed by atoms with E-state index >= 15 is 0 Å². The van der Waals surface area contributed by atoms with E-state index in [2.05, 4.69) is 16.0 Å². The molecule has 0 unspecified atom stereocenters. The average Bonchev–Trinajstić information content (AvgIpc) is 2.54. The highest BCUT2D eigenvalue weighted by Crippen LogP contribution is 2.21. The molecule has 0 saturated heterocycles. The highest BCUT2D eigenvalue weighted by molar-refractivity contribution is 6.06. The molecule has 2 rings (SSSR count). The minimum Gasteiger partial charge on any atom is -0.497 e. The molecule has 0 heterocycles. The van der Waals surface area contributed by atoms with Gasteiger partial charge in [0.15, 0.2) is 0 Å². The van der Waals surface area contributed by atoms with Crippen LogP contribution in [-0.4, -0.2) is 24.8 Å². The van der Waals surface area contributed by atoms with Gasteiger partial charge in [-0.2, -0.15) is 0 Å². The molecule has 0 aromatic heterocycles. The first-order valence-electron chi connectivity index (χ1n) is 7.53. The van der Waals surface area contributed by atoms with E-state index in [1.165, 1.54) is 26.0 Å². The van der Waals surface area contributed by atoms with Crippen LogP contribution < -0.4 is 20.7 Å². The van der Waals surface area contributed by atoms with Crippen molar-refractivity contribution in [2.45, 2.75) is 13.8 Å². The Labute approximate surface area is 145 Å². The van der Waals surface area contributed by atoms with Crippen molar-refractivity contribution in [3.05, 3.63) is 48.0 Å². The molecular weight excluding hydrogens is 322 g/mol. The maximum Gasteiger partial charge on any atom is 0.255 e. The summed E-state index contributed by atoms with van der Waals surface area (Å²) in [5, 5.41) is 7.96. The monoisotopic (exact) mass is 341 g/mol. The fraction of sp³-hybridized carbons (Fsp3) is 0.167. The van der Waals surface area contributed by atoms with Crippen molar-refractivity contribution in [2.75, 3.05) is 23.1 Å². The molecule has 3 amide bonds. The molecule has 0 aliphatic heterocycles. The standard InChI is InChI=1S/C18H19N3O4/c1-11(22)19-15-8-13(9-16(10-15)20-12(2)23)18(24)21-14-4-6-17(25-3)7-5-14/h4-10H,1-3H3,(H,19,22)(H,20,23)(H,21,24). The second-order valence-corrected chi connectivity index (χ2v) is 5.34. The first-order valence-corrected chi connectivity index (χ1v) is 7.53.